The largest absolute Gasteiger partial charge is 0.336 e. The minimum Gasteiger partial charge on any atom is -0.336 e. The monoisotopic (exact) mass is 299 g/mol. The van der Waals surface area contributed by atoms with Crippen LogP contribution in [0, 0.1) is 0 Å². The van der Waals surface area contributed by atoms with Gasteiger partial charge in [0.15, 0.2) is 0 Å². The Kier molecular flexibility index (Phi) is 3.65. The van der Waals surface area contributed by atoms with Crippen molar-refractivity contribution in [2.24, 2.45) is 0 Å². The van der Waals surface area contributed by atoms with Gasteiger partial charge in [0.25, 0.3) is 5.91 Å². The maximum absolute atomic E-state index is 12.4. The number of aromatic nitrogens is 1. The van der Waals surface area contributed by atoms with Crippen LogP contribution in [0.15, 0.2) is 12.1 Å². The minimum absolute atomic E-state index is 0.0513. The summed E-state index contributed by atoms with van der Waals surface area (Å²) in [7, 11) is 0. The molecule has 0 bridgehead atoms. The molecule has 0 aromatic carbocycles. The average molecular weight is 300 g/mol. The van der Waals surface area contributed by atoms with Crippen LogP contribution in [0.25, 0.3) is 0 Å². The first-order chi connectivity index (χ1) is 9.15. The van der Waals surface area contributed by atoms with Gasteiger partial charge in [-0.25, -0.2) is 4.98 Å². The molecule has 2 aliphatic rings. The summed E-state index contributed by atoms with van der Waals surface area (Å²) in [4.78, 5) is 20.6. The lowest BCUT2D eigenvalue weighted by molar-refractivity contribution is 0.0627. The number of halogens is 2. The van der Waals surface area contributed by atoms with E-state index in [2.05, 4.69) is 9.88 Å². The molecule has 1 saturated heterocycles. The Hall–Kier alpha value is -0.840. The van der Waals surface area contributed by atoms with Gasteiger partial charge in [0.2, 0.25) is 0 Å². The first kappa shape index (κ1) is 13.2. The highest BCUT2D eigenvalue weighted by atomic mass is 35.5. The van der Waals surface area contributed by atoms with Crippen LogP contribution >= 0.6 is 23.2 Å². The van der Waals surface area contributed by atoms with Crippen LogP contribution in [0.3, 0.4) is 0 Å². The fourth-order valence-electron chi connectivity index (χ4n) is 2.47. The molecule has 2 heterocycles. The van der Waals surface area contributed by atoms with Crippen molar-refractivity contribution in [2.45, 2.75) is 18.9 Å². The molecule has 4 nitrogen and oxygen atoms in total. The lowest BCUT2D eigenvalue weighted by atomic mass is 10.2. The van der Waals surface area contributed by atoms with Crippen molar-refractivity contribution >= 4 is 29.1 Å². The zero-order valence-corrected chi connectivity index (χ0v) is 12.0. The second-order valence-electron chi connectivity index (χ2n) is 5.03. The first-order valence-electron chi connectivity index (χ1n) is 6.50. The highest BCUT2D eigenvalue weighted by Gasteiger charge is 2.32. The highest BCUT2D eigenvalue weighted by molar-refractivity contribution is 6.34. The van der Waals surface area contributed by atoms with Gasteiger partial charge in [-0.3, -0.25) is 9.69 Å². The molecular formula is C13H15Cl2N3O. The summed E-state index contributed by atoms with van der Waals surface area (Å²) < 4.78 is 0. The number of piperazine rings is 1. The van der Waals surface area contributed by atoms with Crippen molar-refractivity contribution in [3.05, 3.63) is 28.0 Å². The van der Waals surface area contributed by atoms with Gasteiger partial charge in [-0.05, 0) is 25.0 Å². The molecule has 0 unspecified atom stereocenters. The summed E-state index contributed by atoms with van der Waals surface area (Å²) in [5.41, 5.74) is 0.436. The van der Waals surface area contributed by atoms with E-state index < -0.39 is 0 Å². The Bertz CT molecular complexity index is 497. The van der Waals surface area contributed by atoms with Crippen molar-refractivity contribution in [2.75, 3.05) is 26.2 Å². The lowest BCUT2D eigenvalue weighted by Crippen LogP contribution is -2.49. The number of hydrogen-bond acceptors (Lipinski definition) is 3. The number of carbonyl (C=O) groups is 1. The minimum atomic E-state index is -0.0513. The molecule has 1 saturated carbocycles. The van der Waals surface area contributed by atoms with E-state index in [9.17, 15) is 4.79 Å². The molecule has 1 amide bonds. The maximum Gasteiger partial charge on any atom is 0.257 e. The van der Waals surface area contributed by atoms with Crippen molar-refractivity contribution in [3.8, 4) is 0 Å². The second-order valence-corrected chi connectivity index (χ2v) is 5.78. The number of rotatable bonds is 2. The van der Waals surface area contributed by atoms with Crippen LogP contribution in [0.4, 0.5) is 0 Å². The van der Waals surface area contributed by atoms with Crippen LogP contribution in [0.2, 0.25) is 10.3 Å². The predicted octanol–water partition coefficient (Wildman–Crippen LogP) is 2.31. The van der Waals surface area contributed by atoms with E-state index in [1.807, 2.05) is 4.90 Å². The van der Waals surface area contributed by atoms with Crippen LogP contribution in [-0.4, -0.2) is 52.9 Å². The maximum atomic E-state index is 12.4. The van der Waals surface area contributed by atoms with Crippen LogP contribution in [-0.2, 0) is 0 Å². The third-order valence-corrected chi connectivity index (χ3v) is 4.21. The molecular weight excluding hydrogens is 285 g/mol. The van der Waals surface area contributed by atoms with E-state index in [1.54, 1.807) is 12.1 Å². The predicted molar refractivity (Wildman–Crippen MR) is 74.8 cm³/mol. The molecule has 0 spiro atoms. The Labute approximate surface area is 122 Å². The molecule has 1 aromatic rings. The van der Waals surface area contributed by atoms with E-state index in [0.29, 0.717) is 10.7 Å². The summed E-state index contributed by atoms with van der Waals surface area (Å²) in [5, 5.41) is 0.488. The summed E-state index contributed by atoms with van der Waals surface area (Å²) in [6.07, 6.45) is 2.61. The number of hydrogen-bond donors (Lipinski definition) is 0. The molecule has 0 atom stereocenters. The van der Waals surface area contributed by atoms with Gasteiger partial charge in [-0.15, -0.1) is 0 Å². The Morgan fingerprint density at radius 2 is 1.84 bits per heavy atom. The molecule has 1 aliphatic heterocycles. The Morgan fingerprint density at radius 1 is 1.16 bits per heavy atom. The van der Waals surface area contributed by atoms with E-state index in [1.165, 1.54) is 12.8 Å². The summed E-state index contributed by atoms with van der Waals surface area (Å²) in [5.74, 6) is -0.0513. The molecule has 0 N–H and O–H groups in total. The number of amides is 1. The van der Waals surface area contributed by atoms with E-state index in [4.69, 9.17) is 23.2 Å². The smallest absolute Gasteiger partial charge is 0.257 e. The van der Waals surface area contributed by atoms with Crippen molar-refractivity contribution in [3.63, 3.8) is 0 Å². The molecule has 6 heteroatoms. The van der Waals surface area contributed by atoms with Gasteiger partial charge in [0.1, 0.15) is 10.3 Å². The lowest BCUT2D eigenvalue weighted by Gasteiger charge is -2.34. The fraction of sp³-hybridized carbons (Fsp3) is 0.538. The van der Waals surface area contributed by atoms with Gasteiger partial charge >= 0.3 is 0 Å². The van der Waals surface area contributed by atoms with Crippen molar-refractivity contribution < 1.29 is 4.79 Å². The summed E-state index contributed by atoms with van der Waals surface area (Å²) >= 11 is 11.7. The van der Waals surface area contributed by atoms with Crippen molar-refractivity contribution in [1.29, 1.82) is 0 Å². The van der Waals surface area contributed by atoms with Crippen LogP contribution in [0.1, 0.15) is 23.2 Å². The molecule has 3 rings (SSSR count). The quantitative estimate of drug-likeness (QED) is 0.786. The van der Waals surface area contributed by atoms with E-state index >= 15 is 0 Å². The molecule has 102 valence electrons. The third kappa shape index (κ3) is 2.86. The standard InChI is InChI=1S/C13H15Cl2N3O/c14-11-4-3-10(12(15)16-11)13(19)18-7-5-17(6-8-18)9-1-2-9/h3-4,9H,1-2,5-8H2. The molecule has 2 fully saturated rings. The molecule has 19 heavy (non-hydrogen) atoms. The van der Waals surface area contributed by atoms with E-state index in [-0.39, 0.29) is 11.1 Å². The molecule has 0 radical (unpaired) electrons. The van der Waals surface area contributed by atoms with E-state index in [0.717, 1.165) is 32.2 Å². The number of pyridine rings is 1. The van der Waals surface area contributed by atoms with Gasteiger partial charge < -0.3 is 4.90 Å². The zero-order valence-electron chi connectivity index (χ0n) is 10.5. The normalized spacial score (nSPS) is 20.6. The second kappa shape index (κ2) is 5.27. The average Bonchev–Trinajstić information content (AvgIpc) is 3.22. The SMILES string of the molecule is O=C(c1ccc(Cl)nc1Cl)N1CCN(C2CC2)CC1. The molecule has 1 aromatic heterocycles. The Balaban J connectivity index is 1.67. The van der Waals surface area contributed by atoms with Crippen LogP contribution in [0.5, 0.6) is 0 Å². The summed E-state index contributed by atoms with van der Waals surface area (Å²) in [6, 6.07) is 4.01. The fourth-order valence-corrected chi connectivity index (χ4v) is 2.90. The summed E-state index contributed by atoms with van der Waals surface area (Å²) in [6.45, 7) is 3.42. The number of carbonyl (C=O) groups excluding carboxylic acids is 1. The topological polar surface area (TPSA) is 36.4 Å². The Morgan fingerprint density at radius 3 is 2.42 bits per heavy atom. The van der Waals surface area contributed by atoms with Crippen molar-refractivity contribution in [1.82, 2.24) is 14.8 Å². The highest BCUT2D eigenvalue weighted by Crippen LogP contribution is 2.28. The van der Waals surface area contributed by atoms with Gasteiger partial charge in [-0.2, -0.15) is 0 Å². The third-order valence-electron chi connectivity index (χ3n) is 3.71. The van der Waals surface area contributed by atoms with Crippen LogP contribution < -0.4 is 0 Å². The van der Waals surface area contributed by atoms with Gasteiger partial charge in [-0.1, -0.05) is 23.2 Å². The zero-order chi connectivity index (χ0) is 13.4. The van der Waals surface area contributed by atoms with Gasteiger partial charge in [0, 0.05) is 32.2 Å². The first-order valence-corrected chi connectivity index (χ1v) is 7.26. The van der Waals surface area contributed by atoms with Gasteiger partial charge in [0.05, 0.1) is 5.56 Å². The number of nitrogens with zero attached hydrogens (tertiary/aromatic N) is 3. The molecule has 1 aliphatic carbocycles.